The Bertz CT molecular complexity index is 1220. The number of carbonyl (C=O) groups excluding carboxylic acids is 7. The molecular weight excluding hydrogens is 602 g/mol. The van der Waals surface area contributed by atoms with E-state index in [9.17, 15) is 33.6 Å². The van der Waals surface area contributed by atoms with E-state index in [-0.39, 0.29) is 60.4 Å². The normalized spacial score (nSPS) is 19.5. The summed E-state index contributed by atoms with van der Waals surface area (Å²) in [5, 5.41) is 8.86. The third-order valence-corrected chi connectivity index (χ3v) is 7.16. The quantitative estimate of drug-likeness (QED) is 0.186. The van der Waals surface area contributed by atoms with E-state index in [0.717, 1.165) is 17.1 Å². The molecule has 254 valence electrons. The van der Waals surface area contributed by atoms with Crippen LogP contribution in [0.1, 0.15) is 54.9 Å². The van der Waals surface area contributed by atoms with Crippen molar-refractivity contribution in [3.05, 3.63) is 36.5 Å². The van der Waals surface area contributed by atoms with Gasteiger partial charge in [-0.15, -0.1) is 0 Å². The van der Waals surface area contributed by atoms with E-state index < -0.39 is 29.9 Å². The summed E-state index contributed by atoms with van der Waals surface area (Å²) >= 11 is 0. The van der Waals surface area contributed by atoms with Crippen LogP contribution >= 0.6 is 0 Å². The van der Waals surface area contributed by atoms with E-state index in [1.54, 1.807) is 20.8 Å². The van der Waals surface area contributed by atoms with Gasteiger partial charge in [0, 0.05) is 49.5 Å². The summed E-state index contributed by atoms with van der Waals surface area (Å²) in [6.45, 7) is 13.6. The summed E-state index contributed by atoms with van der Waals surface area (Å²) in [6.07, 6.45) is 6.96. The first-order chi connectivity index (χ1) is 21.4. The van der Waals surface area contributed by atoms with Gasteiger partial charge in [0.05, 0.1) is 32.0 Å². The SMILES string of the molecule is CC(CN1C(=O)C=CC1=O)CC(C)(C)CN1C(=O)C=CC1=O.CC(CO)OCC(C)OCC(C)OC(=O)C(C)N1C(=O)C=CC1=O. The average molecular weight is 648 g/mol. The van der Waals surface area contributed by atoms with Crippen molar-refractivity contribution in [2.45, 2.75) is 79.2 Å². The third kappa shape index (κ3) is 11.4. The molecule has 1 N–H and O–H groups in total. The lowest BCUT2D eigenvalue weighted by molar-refractivity contribution is -0.163. The van der Waals surface area contributed by atoms with E-state index in [1.807, 2.05) is 20.8 Å². The minimum absolute atomic E-state index is 0.0680. The van der Waals surface area contributed by atoms with Gasteiger partial charge in [0.25, 0.3) is 35.4 Å². The van der Waals surface area contributed by atoms with Crippen molar-refractivity contribution in [3.63, 3.8) is 0 Å². The molecule has 0 bridgehead atoms. The Balaban J connectivity index is 0.000000321. The number of aliphatic hydroxyl groups is 1. The molecule has 6 amide bonds. The maximum Gasteiger partial charge on any atom is 0.329 e. The summed E-state index contributed by atoms with van der Waals surface area (Å²) in [4.78, 5) is 84.8. The number of nitrogens with zero attached hydrogens (tertiary/aromatic N) is 3. The van der Waals surface area contributed by atoms with E-state index in [0.29, 0.717) is 26.1 Å². The fourth-order valence-corrected chi connectivity index (χ4v) is 4.94. The third-order valence-electron chi connectivity index (χ3n) is 7.16. The van der Waals surface area contributed by atoms with Crippen molar-refractivity contribution >= 4 is 41.4 Å². The summed E-state index contributed by atoms with van der Waals surface area (Å²) in [5.74, 6) is -2.82. The molecule has 0 saturated heterocycles. The molecule has 0 aromatic carbocycles. The van der Waals surface area contributed by atoms with Gasteiger partial charge in [-0.1, -0.05) is 20.8 Å². The topological polar surface area (TPSA) is 177 Å². The van der Waals surface area contributed by atoms with Crippen LogP contribution in [0.2, 0.25) is 0 Å². The molecule has 0 radical (unpaired) electrons. The van der Waals surface area contributed by atoms with Gasteiger partial charge >= 0.3 is 5.97 Å². The number of hydrogen-bond acceptors (Lipinski definition) is 11. The summed E-state index contributed by atoms with van der Waals surface area (Å²) in [5.41, 5.74) is -0.296. The molecule has 0 fully saturated rings. The fraction of sp³-hybridized carbons (Fsp3) is 0.594. The van der Waals surface area contributed by atoms with Gasteiger partial charge in [0.15, 0.2) is 0 Å². The van der Waals surface area contributed by atoms with Crippen molar-refractivity contribution in [1.29, 1.82) is 0 Å². The zero-order valence-corrected chi connectivity index (χ0v) is 27.5. The number of hydrogen-bond donors (Lipinski definition) is 1. The number of ether oxygens (including phenoxy) is 3. The second-order valence-corrected chi connectivity index (χ2v) is 12.5. The molecule has 3 aliphatic rings. The van der Waals surface area contributed by atoms with Gasteiger partial charge in [0.2, 0.25) is 0 Å². The summed E-state index contributed by atoms with van der Waals surface area (Å²) in [7, 11) is 0. The van der Waals surface area contributed by atoms with Gasteiger partial charge in [-0.2, -0.15) is 0 Å². The average Bonchev–Trinajstić information content (AvgIpc) is 3.60. The van der Waals surface area contributed by atoms with E-state index >= 15 is 0 Å². The lowest BCUT2D eigenvalue weighted by atomic mass is 9.82. The maximum absolute atomic E-state index is 12.0. The Morgan fingerprint density at radius 3 is 1.63 bits per heavy atom. The number of rotatable bonds is 16. The largest absolute Gasteiger partial charge is 0.459 e. The second-order valence-electron chi connectivity index (χ2n) is 12.5. The molecule has 5 unspecified atom stereocenters. The highest BCUT2D eigenvalue weighted by Gasteiger charge is 2.35. The van der Waals surface area contributed by atoms with Crippen LogP contribution in [0.25, 0.3) is 0 Å². The van der Waals surface area contributed by atoms with Crippen LogP contribution in [0.5, 0.6) is 0 Å². The van der Waals surface area contributed by atoms with Crippen LogP contribution in [-0.4, -0.2) is 118 Å². The molecule has 0 aromatic heterocycles. The Morgan fingerprint density at radius 2 is 1.13 bits per heavy atom. The van der Waals surface area contributed by atoms with Crippen molar-refractivity contribution in [1.82, 2.24) is 14.7 Å². The molecule has 3 rings (SSSR count). The number of imide groups is 3. The zero-order valence-electron chi connectivity index (χ0n) is 27.5. The van der Waals surface area contributed by atoms with Crippen LogP contribution in [0.15, 0.2) is 36.5 Å². The van der Waals surface area contributed by atoms with Crippen LogP contribution < -0.4 is 0 Å². The van der Waals surface area contributed by atoms with E-state index in [2.05, 4.69) is 0 Å². The zero-order chi connectivity index (χ0) is 34.8. The minimum Gasteiger partial charge on any atom is -0.459 e. The highest BCUT2D eigenvalue weighted by atomic mass is 16.6. The van der Waals surface area contributed by atoms with Crippen LogP contribution in [0, 0.1) is 11.3 Å². The number of carbonyl (C=O) groups is 7. The molecule has 0 spiro atoms. The van der Waals surface area contributed by atoms with Gasteiger partial charge in [-0.3, -0.25) is 43.5 Å². The highest BCUT2D eigenvalue weighted by Crippen LogP contribution is 2.28. The predicted molar refractivity (Wildman–Crippen MR) is 163 cm³/mol. The van der Waals surface area contributed by atoms with E-state index in [1.165, 1.54) is 41.0 Å². The molecule has 5 atom stereocenters. The Labute approximate surface area is 269 Å². The highest BCUT2D eigenvalue weighted by molar-refractivity contribution is 6.15. The molecule has 0 aliphatic carbocycles. The van der Waals surface area contributed by atoms with Gasteiger partial charge in [-0.25, -0.2) is 4.79 Å². The van der Waals surface area contributed by atoms with Crippen LogP contribution in [0.4, 0.5) is 0 Å². The summed E-state index contributed by atoms with van der Waals surface area (Å²) in [6, 6.07) is -0.992. The maximum atomic E-state index is 12.0. The van der Waals surface area contributed by atoms with Gasteiger partial charge in [0.1, 0.15) is 12.1 Å². The molecule has 46 heavy (non-hydrogen) atoms. The molecule has 0 saturated carbocycles. The number of amides is 6. The van der Waals surface area contributed by atoms with Crippen molar-refractivity contribution < 1.29 is 52.9 Å². The molecule has 0 aromatic rings. The monoisotopic (exact) mass is 647 g/mol. The van der Waals surface area contributed by atoms with Crippen LogP contribution in [-0.2, 0) is 47.8 Å². The van der Waals surface area contributed by atoms with Gasteiger partial charge in [-0.05, 0) is 45.4 Å². The van der Waals surface area contributed by atoms with Gasteiger partial charge < -0.3 is 19.3 Å². The first kappa shape index (κ1) is 38.2. The summed E-state index contributed by atoms with van der Waals surface area (Å²) < 4.78 is 16.0. The molecular formula is C32H45N3O11. The standard InChI is InChI=1S/C16H20N2O4.C16H25NO7/c1-11(9-17-12(19)4-5-13(17)20)8-16(2,3)10-18-14(21)6-7-15(18)22;1-10(7-18)22-8-11(2)23-9-12(3)24-16(21)13(4)17-14(19)5-6-15(17)20/h4-7,11H,8-10H2,1-3H3;5-6,10-13,18H,7-9H2,1-4H3. The lowest BCUT2D eigenvalue weighted by Gasteiger charge is -2.32. The second kappa shape index (κ2) is 17.1. The minimum atomic E-state index is -0.992. The van der Waals surface area contributed by atoms with Crippen molar-refractivity contribution in [2.24, 2.45) is 11.3 Å². The van der Waals surface area contributed by atoms with Crippen molar-refractivity contribution in [2.75, 3.05) is 32.9 Å². The first-order valence-electron chi connectivity index (χ1n) is 15.1. The number of aliphatic hydroxyl groups excluding tert-OH is 1. The van der Waals surface area contributed by atoms with E-state index in [4.69, 9.17) is 19.3 Å². The lowest BCUT2D eigenvalue weighted by Crippen LogP contribution is -2.45. The Morgan fingerprint density at radius 1 is 0.696 bits per heavy atom. The number of esters is 1. The predicted octanol–water partition coefficient (Wildman–Crippen LogP) is 0.923. The van der Waals surface area contributed by atoms with Crippen LogP contribution in [0.3, 0.4) is 0 Å². The smallest absolute Gasteiger partial charge is 0.329 e. The Kier molecular flexibility index (Phi) is 14.2. The molecule has 3 heterocycles. The molecule has 14 heteroatoms. The first-order valence-corrected chi connectivity index (χ1v) is 15.1. The molecule has 14 nitrogen and oxygen atoms in total. The fourth-order valence-electron chi connectivity index (χ4n) is 4.94. The van der Waals surface area contributed by atoms with Crippen molar-refractivity contribution in [3.8, 4) is 0 Å². The molecule has 3 aliphatic heterocycles. The Hall–Kier alpha value is -4.01.